The average molecular weight is 186 g/mol. The number of amides is 1. The summed E-state index contributed by atoms with van der Waals surface area (Å²) >= 11 is 0. The molecule has 0 aliphatic rings. The lowest BCUT2D eigenvalue weighted by molar-refractivity contribution is -0.118. The van der Waals surface area contributed by atoms with Gasteiger partial charge in [-0.05, 0) is 19.3 Å². The smallest absolute Gasteiger partial charge is 0.216 e. The lowest BCUT2D eigenvalue weighted by Gasteiger charge is -2.15. The second-order valence-electron chi connectivity index (χ2n) is 3.97. The fourth-order valence-corrected chi connectivity index (χ4v) is 1.35. The van der Waals surface area contributed by atoms with Gasteiger partial charge >= 0.3 is 0 Å². The van der Waals surface area contributed by atoms with Crippen LogP contribution in [0.3, 0.4) is 0 Å². The molecule has 78 valence electrons. The third-order valence-corrected chi connectivity index (χ3v) is 1.82. The number of carbonyl (C=O) groups excluding carboxylic acids is 1. The molecule has 0 aliphatic carbocycles. The van der Waals surface area contributed by atoms with Gasteiger partial charge in [-0.2, -0.15) is 0 Å². The minimum absolute atomic E-state index is 0.0401. The lowest BCUT2D eigenvalue weighted by atomic mass is 10.1. The molecule has 1 atom stereocenters. The van der Waals surface area contributed by atoms with E-state index < -0.39 is 0 Å². The molecule has 1 unspecified atom stereocenters. The fourth-order valence-electron chi connectivity index (χ4n) is 1.35. The molecule has 0 heterocycles. The second kappa shape index (κ2) is 6.89. The maximum Gasteiger partial charge on any atom is 0.216 e. The van der Waals surface area contributed by atoms with Gasteiger partial charge < -0.3 is 10.6 Å². The van der Waals surface area contributed by atoms with Crippen LogP contribution < -0.4 is 10.6 Å². The van der Waals surface area contributed by atoms with Crippen LogP contribution in [0.1, 0.15) is 34.1 Å². The molecule has 0 aliphatic heterocycles. The number of rotatable bonds is 6. The van der Waals surface area contributed by atoms with Crippen molar-refractivity contribution in [1.82, 2.24) is 10.6 Å². The number of nitrogens with one attached hydrogen (secondary N) is 2. The third kappa shape index (κ3) is 9.34. The Balaban J connectivity index is 3.26. The highest BCUT2D eigenvalue weighted by atomic mass is 16.1. The van der Waals surface area contributed by atoms with Crippen LogP contribution >= 0.6 is 0 Å². The minimum atomic E-state index is 0.0401. The molecule has 3 heteroatoms. The Morgan fingerprint density at radius 1 is 1.23 bits per heavy atom. The van der Waals surface area contributed by atoms with Crippen molar-refractivity contribution < 1.29 is 4.79 Å². The molecular formula is C10H22N2O. The molecule has 0 fully saturated rings. The van der Waals surface area contributed by atoms with Crippen LogP contribution in [0.4, 0.5) is 0 Å². The SMILES string of the molecule is CC(=O)NCCNC(C)CC(C)C. The van der Waals surface area contributed by atoms with Gasteiger partial charge in [0.25, 0.3) is 0 Å². The van der Waals surface area contributed by atoms with Gasteiger partial charge in [0.2, 0.25) is 5.91 Å². The van der Waals surface area contributed by atoms with Crippen LogP contribution in [-0.2, 0) is 4.79 Å². The number of carbonyl (C=O) groups is 1. The third-order valence-electron chi connectivity index (χ3n) is 1.82. The summed E-state index contributed by atoms with van der Waals surface area (Å²) in [5.74, 6) is 0.765. The Bertz CT molecular complexity index is 146. The van der Waals surface area contributed by atoms with Crippen LogP contribution in [0.2, 0.25) is 0 Å². The first kappa shape index (κ1) is 12.4. The zero-order valence-electron chi connectivity index (χ0n) is 9.18. The summed E-state index contributed by atoms with van der Waals surface area (Å²) < 4.78 is 0. The van der Waals surface area contributed by atoms with E-state index in [1.54, 1.807) is 0 Å². The van der Waals surface area contributed by atoms with Gasteiger partial charge in [0.05, 0.1) is 0 Å². The molecule has 13 heavy (non-hydrogen) atoms. The van der Waals surface area contributed by atoms with E-state index in [1.165, 1.54) is 13.3 Å². The second-order valence-corrected chi connectivity index (χ2v) is 3.97. The summed E-state index contributed by atoms with van der Waals surface area (Å²) in [7, 11) is 0. The maximum absolute atomic E-state index is 10.5. The van der Waals surface area contributed by atoms with Crippen molar-refractivity contribution in [3.8, 4) is 0 Å². The van der Waals surface area contributed by atoms with Crippen LogP contribution in [0, 0.1) is 5.92 Å². The topological polar surface area (TPSA) is 41.1 Å². The number of hydrogen-bond acceptors (Lipinski definition) is 2. The van der Waals surface area contributed by atoms with Crippen molar-refractivity contribution >= 4 is 5.91 Å². The molecule has 0 rings (SSSR count). The van der Waals surface area contributed by atoms with Crippen molar-refractivity contribution in [2.75, 3.05) is 13.1 Å². The molecule has 3 nitrogen and oxygen atoms in total. The fraction of sp³-hybridized carbons (Fsp3) is 0.900. The summed E-state index contributed by atoms with van der Waals surface area (Å²) in [4.78, 5) is 10.5. The van der Waals surface area contributed by atoms with Crippen molar-refractivity contribution in [1.29, 1.82) is 0 Å². The van der Waals surface area contributed by atoms with Crippen LogP contribution in [-0.4, -0.2) is 25.0 Å². The van der Waals surface area contributed by atoms with Gasteiger partial charge in [-0.15, -0.1) is 0 Å². The van der Waals surface area contributed by atoms with E-state index in [4.69, 9.17) is 0 Å². The Labute approximate surface area is 81.3 Å². The lowest BCUT2D eigenvalue weighted by Crippen LogP contribution is -2.35. The van der Waals surface area contributed by atoms with Crippen molar-refractivity contribution in [3.63, 3.8) is 0 Å². The summed E-state index contributed by atoms with van der Waals surface area (Å²) in [6.45, 7) is 9.72. The van der Waals surface area contributed by atoms with Gasteiger partial charge in [0.15, 0.2) is 0 Å². The molecule has 0 radical (unpaired) electrons. The highest BCUT2D eigenvalue weighted by molar-refractivity contribution is 5.72. The quantitative estimate of drug-likeness (QED) is 0.611. The van der Waals surface area contributed by atoms with Crippen LogP contribution in [0.5, 0.6) is 0 Å². The van der Waals surface area contributed by atoms with Gasteiger partial charge in [0, 0.05) is 26.1 Å². The van der Waals surface area contributed by atoms with Gasteiger partial charge in [-0.3, -0.25) is 4.79 Å². The molecular weight excluding hydrogens is 164 g/mol. The predicted octanol–water partition coefficient (Wildman–Crippen LogP) is 1.15. The Hall–Kier alpha value is -0.570. The first-order valence-electron chi connectivity index (χ1n) is 5.00. The maximum atomic E-state index is 10.5. The molecule has 0 aromatic heterocycles. The monoisotopic (exact) mass is 186 g/mol. The van der Waals surface area contributed by atoms with Crippen molar-refractivity contribution in [2.45, 2.75) is 40.2 Å². The molecule has 0 aromatic carbocycles. The number of hydrogen-bond donors (Lipinski definition) is 2. The molecule has 0 saturated heterocycles. The van der Waals surface area contributed by atoms with E-state index in [0.717, 1.165) is 19.0 Å². The molecule has 0 aromatic rings. The highest BCUT2D eigenvalue weighted by Crippen LogP contribution is 2.02. The summed E-state index contributed by atoms with van der Waals surface area (Å²) in [6, 6.07) is 0.536. The first-order valence-corrected chi connectivity index (χ1v) is 5.00. The standard InChI is InChI=1S/C10H22N2O/c1-8(2)7-9(3)11-5-6-12-10(4)13/h8-9,11H,5-7H2,1-4H3,(H,12,13). The summed E-state index contributed by atoms with van der Waals surface area (Å²) in [5, 5.41) is 6.11. The Morgan fingerprint density at radius 3 is 2.31 bits per heavy atom. The predicted molar refractivity (Wildman–Crippen MR) is 55.6 cm³/mol. The Morgan fingerprint density at radius 2 is 1.85 bits per heavy atom. The van der Waals surface area contributed by atoms with Gasteiger partial charge in [-0.1, -0.05) is 13.8 Å². The van der Waals surface area contributed by atoms with Crippen molar-refractivity contribution in [2.24, 2.45) is 5.92 Å². The van der Waals surface area contributed by atoms with E-state index in [0.29, 0.717) is 6.04 Å². The van der Waals surface area contributed by atoms with Crippen LogP contribution in [0.25, 0.3) is 0 Å². The van der Waals surface area contributed by atoms with E-state index in [9.17, 15) is 4.79 Å². The van der Waals surface area contributed by atoms with E-state index >= 15 is 0 Å². The van der Waals surface area contributed by atoms with E-state index in [-0.39, 0.29) is 5.91 Å². The molecule has 0 saturated carbocycles. The molecule has 2 N–H and O–H groups in total. The average Bonchev–Trinajstić information content (AvgIpc) is 1.96. The summed E-state index contributed by atoms with van der Waals surface area (Å²) in [6.07, 6.45) is 1.18. The highest BCUT2D eigenvalue weighted by Gasteiger charge is 2.02. The van der Waals surface area contributed by atoms with Gasteiger partial charge in [0.1, 0.15) is 0 Å². The normalized spacial score (nSPS) is 13.0. The minimum Gasteiger partial charge on any atom is -0.355 e. The van der Waals surface area contributed by atoms with E-state index in [2.05, 4.69) is 31.4 Å². The Kier molecular flexibility index (Phi) is 6.59. The molecule has 0 spiro atoms. The van der Waals surface area contributed by atoms with Gasteiger partial charge in [-0.25, -0.2) is 0 Å². The largest absolute Gasteiger partial charge is 0.355 e. The van der Waals surface area contributed by atoms with E-state index in [1.807, 2.05) is 0 Å². The zero-order valence-corrected chi connectivity index (χ0v) is 9.18. The summed E-state index contributed by atoms with van der Waals surface area (Å²) in [5.41, 5.74) is 0. The first-order chi connectivity index (χ1) is 6.02. The molecule has 0 bridgehead atoms. The molecule has 1 amide bonds. The van der Waals surface area contributed by atoms with Crippen molar-refractivity contribution in [3.05, 3.63) is 0 Å². The van der Waals surface area contributed by atoms with Crippen LogP contribution in [0.15, 0.2) is 0 Å². The zero-order chi connectivity index (χ0) is 10.3.